The molecule has 1 aliphatic heterocycles. The number of halogens is 1. The molecule has 3 rings (SSSR count). The third-order valence-electron chi connectivity index (χ3n) is 4.90. The van der Waals surface area contributed by atoms with Crippen LogP contribution in [0.4, 0.5) is 4.39 Å². The largest absolute Gasteiger partial charge is 0.525 e. The fourth-order valence-electron chi connectivity index (χ4n) is 2.64. The van der Waals surface area contributed by atoms with Gasteiger partial charge < -0.3 is 18.6 Å². The van der Waals surface area contributed by atoms with E-state index in [0.717, 1.165) is 0 Å². The second-order valence-corrected chi connectivity index (χ2v) is 7.12. The molecule has 0 radical (unpaired) electrons. The van der Waals surface area contributed by atoms with Crippen molar-refractivity contribution in [1.29, 1.82) is 0 Å². The molecular weight excluding hydrogens is 302 g/mol. The third-order valence-corrected chi connectivity index (χ3v) is 4.90. The van der Waals surface area contributed by atoms with E-state index in [0.29, 0.717) is 30.1 Å². The van der Waals surface area contributed by atoms with Crippen LogP contribution in [0.1, 0.15) is 58.2 Å². The van der Waals surface area contributed by atoms with Gasteiger partial charge in [-0.05, 0) is 46.1 Å². The molecule has 2 aliphatic rings. The Balaban J connectivity index is 1.64. The first-order chi connectivity index (χ1) is 10.7. The maximum atomic E-state index is 14.6. The van der Waals surface area contributed by atoms with Gasteiger partial charge in [-0.2, -0.15) is 4.98 Å². The number of allylic oxidation sites excluding steroid dienone is 1. The van der Waals surface area contributed by atoms with E-state index < -0.39 is 18.3 Å². The summed E-state index contributed by atoms with van der Waals surface area (Å²) >= 11 is 0. The number of methoxy groups -OCH3 is 1. The summed E-state index contributed by atoms with van der Waals surface area (Å²) in [5, 5.41) is 3.92. The molecule has 1 aromatic heterocycles. The van der Waals surface area contributed by atoms with Gasteiger partial charge in [-0.3, -0.25) is 0 Å². The van der Waals surface area contributed by atoms with E-state index in [4.69, 9.17) is 18.6 Å². The number of hydrogen-bond acceptors (Lipinski definition) is 6. The summed E-state index contributed by atoms with van der Waals surface area (Å²) in [7, 11) is 0.638. The van der Waals surface area contributed by atoms with Gasteiger partial charge >= 0.3 is 7.12 Å². The van der Waals surface area contributed by atoms with Crippen molar-refractivity contribution in [2.45, 2.75) is 64.3 Å². The second-order valence-electron chi connectivity index (χ2n) is 7.12. The van der Waals surface area contributed by atoms with E-state index in [2.05, 4.69) is 10.1 Å². The quantitative estimate of drug-likeness (QED) is 0.793. The van der Waals surface area contributed by atoms with Gasteiger partial charge in [0.25, 0.3) is 5.89 Å². The Morgan fingerprint density at radius 1 is 1.26 bits per heavy atom. The molecule has 126 valence electrons. The molecule has 8 heteroatoms. The summed E-state index contributed by atoms with van der Waals surface area (Å²) in [6, 6.07) is 0. The highest BCUT2D eigenvalue weighted by Gasteiger charge is 2.54. The molecule has 23 heavy (non-hydrogen) atoms. The zero-order valence-corrected chi connectivity index (χ0v) is 14.2. The standard InChI is InChI=1S/C15H22BFN2O4/c1-14(2)15(3,4)23-16(22-14)12(17)9-6-10(7-9)13-18-11(8-20-5)21-19-13/h10H,6-8H2,1-5H3. The van der Waals surface area contributed by atoms with Crippen molar-refractivity contribution in [3.63, 3.8) is 0 Å². The molecule has 1 saturated heterocycles. The first kappa shape index (κ1) is 16.6. The van der Waals surface area contributed by atoms with E-state index in [1.165, 1.54) is 0 Å². The van der Waals surface area contributed by atoms with Crippen LogP contribution in [0.15, 0.2) is 15.8 Å². The number of hydrogen-bond donors (Lipinski definition) is 0. The minimum Gasteiger partial charge on any atom is -0.398 e. The Kier molecular flexibility index (Phi) is 4.10. The molecule has 0 spiro atoms. The molecule has 0 N–H and O–H groups in total. The summed E-state index contributed by atoms with van der Waals surface area (Å²) in [6.45, 7) is 7.91. The average molecular weight is 324 g/mol. The highest BCUT2D eigenvalue weighted by Crippen LogP contribution is 2.45. The Hall–Kier alpha value is -1.25. The van der Waals surface area contributed by atoms with Crippen LogP contribution >= 0.6 is 0 Å². The predicted molar refractivity (Wildman–Crippen MR) is 81.2 cm³/mol. The molecule has 0 amide bonds. The van der Waals surface area contributed by atoms with Gasteiger partial charge in [0.05, 0.1) is 11.2 Å². The van der Waals surface area contributed by atoms with Crippen molar-refractivity contribution in [2.24, 2.45) is 0 Å². The van der Waals surface area contributed by atoms with Crippen LogP contribution in [0.2, 0.25) is 0 Å². The van der Waals surface area contributed by atoms with Crippen molar-refractivity contribution in [3.05, 3.63) is 23.0 Å². The fraction of sp³-hybridized carbons (Fsp3) is 0.733. The van der Waals surface area contributed by atoms with Crippen molar-refractivity contribution in [1.82, 2.24) is 10.1 Å². The maximum absolute atomic E-state index is 14.6. The smallest absolute Gasteiger partial charge is 0.398 e. The number of aromatic nitrogens is 2. The Morgan fingerprint density at radius 3 is 2.43 bits per heavy atom. The van der Waals surface area contributed by atoms with Crippen LogP contribution in [0.3, 0.4) is 0 Å². The minimum absolute atomic E-state index is 0.0764. The zero-order valence-electron chi connectivity index (χ0n) is 14.2. The summed E-state index contributed by atoms with van der Waals surface area (Å²) in [5.74, 6) is 1.11. The minimum atomic E-state index is -0.926. The lowest BCUT2D eigenvalue weighted by Gasteiger charge is -2.32. The number of rotatable bonds is 4. The van der Waals surface area contributed by atoms with Crippen LogP contribution in [-0.2, 0) is 20.7 Å². The van der Waals surface area contributed by atoms with Crippen LogP contribution < -0.4 is 0 Å². The van der Waals surface area contributed by atoms with Gasteiger partial charge in [-0.1, -0.05) is 5.16 Å². The molecular formula is C15H22BFN2O4. The highest BCUT2D eigenvalue weighted by atomic mass is 19.1. The normalized spacial score (nSPS) is 25.6. The fourth-order valence-corrected chi connectivity index (χ4v) is 2.64. The van der Waals surface area contributed by atoms with E-state index in [1.807, 2.05) is 27.7 Å². The van der Waals surface area contributed by atoms with E-state index in [-0.39, 0.29) is 18.3 Å². The topological polar surface area (TPSA) is 66.6 Å². The molecule has 1 aliphatic carbocycles. The van der Waals surface area contributed by atoms with E-state index >= 15 is 0 Å². The zero-order chi connectivity index (χ0) is 16.8. The average Bonchev–Trinajstić information content (AvgIpc) is 2.91. The summed E-state index contributed by atoms with van der Waals surface area (Å²) in [6.07, 6.45) is 1.11. The van der Waals surface area contributed by atoms with E-state index in [9.17, 15) is 4.39 Å². The van der Waals surface area contributed by atoms with Crippen LogP contribution in [0.5, 0.6) is 0 Å². The lowest BCUT2D eigenvalue weighted by molar-refractivity contribution is 0.00578. The lowest BCUT2D eigenvalue weighted by Crippen LogP contribution is -2.41. The van der Waals surface area contributed by atoms with Crippen molar-refractivity contribution in [2.75, 3.05) is 7.11 Å². The molecule has 6 nitrogen and oxygen atoms in total. The first-order valence-electron chi connectivity index (χ1n) is 7.78. The van der Waals surface area contributed by atoms with Gasteiger partial charge in [0.2, 0.25) is 0 Å². The van der Waals surface area contributed by atoms with Crippen molar-refractivity contribution < 1.29 is 23.0 Å². The van der Waals surface area contributed by atoms with Crippen molar-refractivity contribution >= 4 is 7.12 Å². The van der Waals surface area contributed by atoms with Gasteiger partial charge in [0, 0.05) is 13.0 Å². The Labute approximate surface area is 135 Å². The predicted octanol–water partition coefficient (Wildman–Crippen LogP) is 2.95. The summed E-state index contributed by atoms with van der Waals surface area (Å²) < 4.78 is 36.1. The van der Waals surface area contributed by atoms with Gasteiger partial charge in [0.1, 0.15) is 12.3 Å². The maximum Gasteiger partial charge on any atom is 0.525 e. The Bertz CT molecular complexity index is 605. The van der Waals surface area contributed by atoms with Crippen molar-refractivity contribution in [3.8, 4) is 0 Å². The van der Waals surface area contributed by atoms with Gasteiger partial charge in [-0.25, -0.2) is 4.39 Å². The van der Waals surface area contributed by atoms with Gasteiger partial charge in [-0.15, -0.1) is 0 Å². The summed E-state index contributed by atoms with van der Waals surface area (Å²) in [5.41, 5.74) is -0.699. The molecule has 0 atom stereocenters. The molecule has 0 bridgehead atoms. The Morgan fingerprint density at radius 2 is 1.87 bits per heavy atom. The molecule has 0 unspecified atom stereocenters. The summed E-state index contributed by atoms with van der Waals surface area (Å²) in [4.78, 5) is 4.25. The van der Waals surface area contributed by atoms with Crippen LogP contribution in [-0.4, -0.2) is 35.6 Å². The van der Waals surface area contributed by atoms with Gasteiger partial charge in [0.15, 0.2) is 5.82 Å². The molecule has 1 saturated carbocycles. The molecule has 1 aromatic rings. The van der Waals surface area contributed by atoms with Crippen LogP contribution in [0.25, 0.3) is 0 Å². The SMILES string of the molecule is COCc1nc(C2CC(=C(F)B3OC(C)(C)C(C)(C)O3)C2)no1. The number of ether oxygens (including phenoxy) is 1. The number of nitrogens with zero attached hydrogens (tertiary/aromatic N) is 2. The van der Waals surface area contributed by atoms with Crippen LogP contribution in [0, 0.1) is 0 Å². The first-order valence-corrected chi connectivity index (χ1v) is 7.78. The highest BCUT2D eigenvalue weighted by molar-refractivity contribution is 6.53. The lowest BCUT2D eigenvalue weighted by atomic mass is 9.72. The second kappa shape index (κ2) is 5.68. The molecule has 2 heterocycles. The molecule has 2 fully saturated rings. The molecule has 0 aromatic carbocycles. The monoisotopic (exact) mass is 324 g/mol. The third kappa shape index (κ3) is 2.95. The van der Waals surface area contributed by atoms with E-state index in [1.54, 1.807) is 7.11 Å².